The highest BCUT2D eigenvalue weighted by Crippen LogP contribution is 2.46. The van der Waals surface area contributed by atoms with Crippen LogP contribution in [0.1, 0.15) is 138 Å². The fraction of sp³-hybridized carbons (Fsp3) is 0.667. The molecule has 1 N–H and O–H groups in total. The Morgan fingerprint density at radius 2 is 1.43 bits per heavy atom. The Bertz CT molecular complexity index is 1280. The van der Waals surface area contributed by atoms with Gasteiger partial charge in [0, 0.05) is 5.56 Å². The molecule has 0 saturated carbocycles. The first-order valence-corrected chi connectivity index (χ1v) is 15.5. The first kappa shape index (κ1) is 32.2. The molecule has 0 aliphatic heterocycles. The molecule has 0 bridgehead atoms. The maximum Gasteiger partial charge on any atom is 0.145 e. The van der Waals surface area contributed by atoms with Gasteiger partial charge >= 0.3 is 0 Å². The number of nitrogens with zero attached hydrogens (tertiary/aromatic N) is 3. The molecule has 0 fully saturated rings. The monoisotopic (exact) mass is 547 g/mol. The number of aromatic nitrogens is 3. The summed E-state index contributed by atoms with van der Waals surface area (Å²) in [6, 6.07) is 10.8. The van der Waals surface area contributed by atoms with Crippen molar-refractivity contribution in [2.75, 3.05) is 0 Å². The molecule has 0 aliphatic rings. The van der Waals surface area contributed by atoms with Crippen molar-refractivity contribution < 1.29 is 5.11 Å². The minimum absolute atomic E-state index is 0.0805. The van der Waals surface area contributed by atoms with E-state index in [4.69, 9.17) is 0 Å². The predicted molar refractivity (Wildman–Crippen MR) is 172 cm³/mol. The Labute approximate surface area is 245 Å². The Hall–Kier alpha value is -2.36. The van der Waals surface area contributed by atoms with E-state index in [1.165, 1.54) is 30.4 Å². The summed E-state index contributed by atoms with van der Waals surface area (Å²) in [6.45, 7) is 27.5. The Morgan fingerprint density at radius 1 is 0.800 bits per heavy atom. The van der Waals surface area contributed by atoms with Gasteiger partial charge < -0.3 is 5.11 Å². The summed E-state index contributed by atoms with van der Waals surface area (Å²) in [4.78, 5) is 0. The third kappa shape index (κ3) is 8.10. The zero-order valence-electron chi connectivity index (χ0n) is 27.7. The number of hydrogen-bond acceptors (Lipinski definition) is 3. The second kappa shape index (κ2) is 11.9. The van der Waals surface area contributed by atoms with Crippen LogP contribution in [0.15, 0.2) is 30.3 Å². The molecule has 0 unspecified atom stereocenters. The largest absolute Gasteiger partial charge is 0.505 e. The molecule has 1 aromatic heterocycles. The number of rotatable bonds is 11. The number of aryl methyl sites for hydroxylation is 1. The van der Waals surface area contributed by atoms with Crippen molar-refractivity contribution in [2.24, 2.45) is 16.7 Å². The molecular weight excluding hydrogens is 490 g/mol. The zero-order valence-corrected chi connectivity index (χ0v) is 27.7. The Kier molecular flexibility index (Phi) is 9.54. The van der Waals surface area contributed by atoms with Gasteiger partial charge in [-0.1, -0.05) is 126 Å². The SMILES string of the molecule is CC(C)CCCCCc1cccc2nnn(-c3cc(C(C)(C)CC(C)(C)C)cc(C(C)(C)CC(C)(C)C)c3O)c12. The number of aromatic hydroxyl groups is 1. The minimum Gasteiger partial charge on any atom is -0.505 e. The van der Waals surface area contributed by atoms with Crippen LogP contribution in [-0.4, -0.2) is 20.1 Å². The summed E-state index contributed by atoms with van der Waals surface area (Å²) in [7, 11) is 0. The lowest BCUT2D eigenvalue weighted by Crippen LogP contribution is -2.28. The normalized spacial score (nSPS) is 13.5. The molecule has 222 valence electrons. The second-order valence-corrected chi connectivity index (χ2v) is 16.4. The topological polar surface area (TPSA) is 50.9 Å². The van der Waals surface area contributed by atoms with Gasteiger partial charge in [-0.05, 0) is 76.5 Å². The summed E-state index contributed by atoms with van der Waals surface area (Å²) < 4.78 is 1.92. The van der Waals surface area contributed by atoms with Crippen LogP contribution in [0.5, 0.6) is 5.75 Å². The van der Waals surface area contributed by atoms with Gasteiger partial charge in [0.15, 0.2) is 0 Å². The third-order valence-electron chi connectivity index (χ3n) is 8.05. The van der Waals surface area contributed by atoms with Crippen molar-refractivity contribution in [2.45, 2.75) is 139 Å². The molecule has 0 amide bonds. The van der Waals surface area contributed by atoms with Crippen LogP contribution in [-0.2, 0) is 17.3 Å². The Morgan fingerprint density at radius 3 is 2.02 bits per heavy atom. The smallest absolute Gasteiger partial charge is 0.145 e. The van der Waals surface area contributed by atoms with Gasteiger partial charge in [-0.15, -0.1) is 5.10 Å². The van der Waals surface area contributed by atoms with Gasteiger partial charge in [-0.25, -0.2) is 4.68 Å². The Balaban J connectivity index is 2.19. The number of hydrogen-bond donors (Lipinski definition) is 1. The first-order valence-electron chi connectivity index (χ1n) is 15.5. The van der Waals surface area contributed by atoms with Crippen LogP contribution in [0.4, 0.5) is 0 Å². The fourth-order valence-electron chi connectivity index (χ4n) is 6.99. The van der Waals surface area contributed by atoms with E-state index >= 15 is 0 Å². The summed E-state index contributed by atoms with van der Waals surface area (Å²) in [6.07, 6.45) is 7.89. The van der Waals surface area contributed by atoms with Crippen LogP contribution in [0, 0.1) is 16.7 Å². The fourth-order valence-corrected chi connectivity index (χ4v) is 6.99. The van der Waals surface area contributed by atoms with E-state index < -0.39 is 0 Å². The number of phenolic OH excluding ortho intramolecular Hbond substituents is 1. The molecule has 40 heavy (non-hydrogen) atoms. The van der Waals surface area contributed by atoms with Gasteiger partial charge in [0.2, 0.25) is 0 Å². The van der Waals surface area contributed by atoms with Crippen molar-refractivity contribution in [3.8, 4) is 11.4 Å². The predicted octanol–water partition coefficient (Wildman–Crippen LogP) is 10.3. The number of unbranched alkanes of at least 4 members (excludes halogenated alkanes) is 2. The second-order valence-electron chi connectivity index (χ2n) is 16.4. The molecule has 3 aromatic rings. The first-order chi connectivity index (χ1) is 18.3. The lowest BCUT2D eigenvalue weighted by atomic mass is 9.68. The van der Waals surface area contributed by atoms with Crippen molar-refractivity contribution in [3.05, 3.63) is 47.0 Å². The number of fused-ring (bicyclic) bond motifs is 1. The zero-order chi connectivity index (χ0) is 30.1. The van der Waals surface area contributed by atoms with Crippen LogP contribution in [0.2, 0.25) is 0 Å². The number of benzene rings is 2. The van der Waals surface area contributed by atoms with Crippen molar-refractivity contribution in [3.63, 3.8) is 0 Å². The molecule has 4 heteroatoms. The van der Waals surface area contributed by atoms with Crippen LogP contribution in [0.3, 0.4) is 0 Å². The van der Waals surface area contributed by atoms with E-state index in [1.54, 1.807) is 0 Å². The van der Waals surface area contributed by atoms with Crippen LogP contribution in [0.25, 0.3) is 16.7 Å². The highest BCUT2D eigenvalue weighted by Gasteiger charge is 2.35. The summed E-state index contributed by atoms with van der Waals surface area (Å²) in [5.41, 5.74) is 6.12. The lowest BCUT2D eigenvalue weighted by Gasteiger charge is -2.37. The quantitative estimate of drug-likeness (QED) is 0.243. The molecule has 0 atom stereocenters. The van der Waals surface area contributed by atoms with Gasteiger partial charge in [0.05, 0.1) is 5.52 Å². The van der Waals surface area contributed by atoms with Crippen LogP contribution < -0.4 is 0 Å². The number of para-hydroxylation sites is 1. The molecule has 2 aromatic carbocycles. The molecule has 1 heterocycles. The van der Waals surface area contributed by atoms with E-state index in [0.717, 1.165) is 53.9 Å². The molecular formula is C36H57N3O. The standard InChI is InChI=1S/C36H57N3O/c1-25(2)17-14-13-15-18-26-19-16-20-29-31(26)39(38-37-29)30-22-27(35(9,10)23-33(3,4)5)21-28(32(30)40)36(11,12)24-34(6,7)8/h16,19-22,25,40H,13-15,17-18,23-24H2,1-12H3. The molecule has 0 saturated heterocycles. The summed E-state index contributed by atoms with van der Waals surface area (Å²) in [5.74, 6) is 1.08. The number of phenols is 1. The molecule has 0 radical (unpaired) electrons. The van der Waals surface area contributed by atoms with Gasteiger partial charge in [0.25, 0.3) is 0 Å². The van der Waals surface area contributed by atoms with E-state index in [1.807, 2.05) is 10.7 Å². The van der Waals surface area contributed by atoms with Crippen LogP contribution >= 0.6 is 0 Å². The maximum absolute atomic E-state index is 12.0. The minimum atomic E-state index is -0.222. The van der Waals surface area contributed by atoms with Crippen molar-refractivity contribution >= 4 is 11.0 Å². The summed E-state index contributed by atoms with van der Waals surface area (Å²) in [5, 5.41) is 21.2. The average molecular weight is 548 g/mol. The highest BCUT2D eigenvalue weighted by atomic mass is 16.3. The van der Waals surface area contributed by atoms with E-state index in [-0.39, 0.29) is 21.7 Å². The van der Waals surface area contributed by atoms with Crippen molar-refractivity contribution in [1.82, 2.24) is 15.0 Å². The summed E-state index contributed by atoms with van der Waals surface area (Å²) >= 11 is 0. The maximum atomic E-state index is 12.0. The molecule has 0 spiro atoms. The molecule has 3 rings (SSSR count). The van der Waals surface area contributed by atoms with E-state index in [9.17, 15) is 5.11 Å². The van der Waals surface area contributed by atoms with Crippen molar-refractivity contribution in [1.29, 1.82) is 0 Å². The van der Waals surface area contributed by atoms with Gasteiger partial charge in [-0.2, -0.15) is 0 Å². The third-order valence-corrected chi connectivity index (χ3v) is 8.05. The average Bonchev–Trinajstić information content (AvgIpc) is 3.20. The van der Waals surface area contributed by atoms with Gasteiger partial charge in [-0.3, -0.25) is 0 Å². The van der Waals surface area contributed by atoms with E-state index in [0.29, 0.717) is 5.75 Å². The molecule has 0 aliphatic carbocycles. The molecule has 4 nitrogen and oxygen atoms in total. The highest BCUT2D eigenvalue weighted by molar-refractivity contribution is 5.81. The van der Waals surface area contributed by atoms with E-state index in [2.05, 4.69) is 118 Å². The van der Waals surface area contributed by atoms with Gasteiger partial charge in [0.1, 0.15) is 17.0 Å². The lowest BCUT2D eigenvalue weighted by molar-refractivity contribution is 0.274.